The second-order valence-corrected chi connectivity index (χ2v) is 10.0. The topological polar surface area (TPSA) is 78.1 Å². The number of aliphatic imine (C=N–C) groups is 1. The zero-order valence-electron chi connectivity index (χ0n) is 21.3. The maximum atomic E-state index is 11.9. The Morgan fingerprint density at radius 1 is 1.14 bits per heavy atom. The molecular formula is C28H35ClN6O. The molecule has 4 rings (SSSR count). The van der Waals surface area contributed by atoms with Crippen molar-refractivity contribution in [2.45, 2.75) is 45.7 Å². The van der Waals surface area contributed by atoms with Gasteiger partial charge in [-0.3, -0.25) is 4.79 Å². The molecule has 1 aromatic heterocycles. The molecule has 1 unspecified atom stereocenters. The number of Topliss-reactive ketones (excluding diaryl/α,β-unsaturated/α-hetero) is 1. The summed E-state index contributed by atoms with van der Waals surface area (Å²) in [6.07, 6.45) is 5.95. The first-order valence-corrected chi connectivity index (χ1v) is 12.9. The zero-order chi connectivity index (χ0) is 25.8. The fraction of sp³-hybridized carbons (Fsp3) is 0.393. The molecule has 8 heteroatoms. The molecule has 2 N–H and O–H groups in total. The average molecular weight is 507 g/mol. The van der Waals surface area contributed by atoms with Gasteiger partial charge in [0.2, 0.25) is 0 Å². The molecule has 2 atom stereocenters. The molecule has 2 aliphatic rings. The highest BCUT2D eigenvalue weighted by atomic mass is 35.5. The van der Waals surface area contributed by atoms with Gasteiger partial charge in [-0.05, 0) is 57.4 Å². The van der Waals surface area contributed by atoms with E-state index in [2.05, 4.69) is 40.1 Å². The summed E-state index contributed by atoms with van der Waals surface area (Å²) in [6, 6.07) is 11.7. The van der Waals surface area contributed by atoms with Gasteiger partial charge < -0.3 is 20.4 Å². The molecule has 0 radical (unpaired) electrons. The summed E-state index contributed by atoms with van der Waals surface area (Å²) >= 11 is 6.42. The Kier molecular flexibility index (Phi) is 7.99. The Balaban J connectivity index is 1.64. The zero-order valence-corrected chi connectivity index (χ0v) is 22.1. The van der Waals surface area contributed by atoms with Crippen LogP contribution >= 0.6 is 11.6 Å². The Morgan fingerprint density at radius 3 is 2.58 bits per heavy atom. The van der Waals surface area contributed by atoms with E-state index >= 15 is 0 Å². The largest absolute Gasteiger partial charge is 0.398 e. The van der Waals surface area contributed by atoms with Crippen molar-refractivity contribution in [3.05, 3.63) is 77.2 Å². The third-order valence-corrected chi connectivity index (χ3v) is 7.27. The summed E-state index contributed by atoms with van der Waals surface area (Å²) < 4.78 is 0. The normalized spacial score (nSPS) is 21.2. The molecule has 2 aliphatic heterocycles. The molecule has 0 saturated carbocycles. The van der Waals surface area contributed by atoms with Gasteiger partial charge in [-0.15, -0.1) is 0 Å². The Hall–Kier alpha value is -3.32. The lowest BCUT2D eigenvalue weighted by Crippen LogP contribution is -2.54. The van der Waals surface area contributed by atoms with Crippen molar-refractivity contribution in [3.63, 3.8) is 0 Å². The molecule has 2 saturated heterocycles. The van der Waals surface area contributed by atoms with Crippen molar-refractivity contribution in [1.82, 2.24) is 14.8 Å². The lowest BCUT2D eigenvalue weighted by Gasteiger charge is -2.42. The molecule has 1 aromatic carbocycles. The Labute approximate surface area is 219 Å². The summed E-state index contributed by atoms with van der Waals surface area (Å²) in [5.74, 6) is 2.33. The predicted molar refractivity (Wildman–Crippen MR) is 148 cm³/mol. The van der Waals surface area contributed by atoms with Crippen LogP contribution in [-0.4, -0.2) is 64.7 Å². The van der Waals surface area contributed by atoms with E-state index in [-0.39, 0.29) is 11.8 Å². The minimum Gasteiger partial charge on any atom is -0.398 e. The third kappa shape index (κ3) is 5.73. The molecule has 0 spiro atoms. The number of aromatic nitrogens is 1. The SMILES string of the molecule is C=C(/N=C(\C=C(/N)c1cccc(C(C)=O)c1)N1CCN(c2ncccc2Cl)C[C@H]1C)N1CCCC1C. The van der Waals surface area contributed by atoms with Crippen molar-refractivity contribution in [2.75, 3.05) is 31.1 Å². The summed E-state index contributed by atoms with van der Waals surface area (Å²) in [7, 11) is 0. The van der Waals surface area contributed by atoms with Crippen LogP contribution in [0.4, 0.5) is 5.82 Å². The minimum absolute atomic E-state index is 0.00728. The predicted octanol–water partition coefficient (Wildman–Crippen LogP) is 4.80. The smallest absolute Gasteiger partial charge is 0.159 e. The van der Waals surface area contributed by atoms with Crippen LogP contribution in [-0.2, 0) is 0 Å². The third-order valence-electron chi connectivity index (χ3n) is 6.98. The first-order valence-electron chi connectivity index (χ1n) is 12.5. The molecule has 3 heterocycles. The van der Waals surface area contributed by atoms with Gasteiger partial charge in [-0.1, -0.05) is 36.4 Å². The van der Waals surface area contributed by atoms with Gasteiger partial charge in [0.1, 0.15) is 17.5 Å². The number of anilines is 1. The fourth-order valence-corrected chi connectivity index (χ4v) is 5.17. The van der Waals surface area contributed by atoms with E-state index in [1.165, 1.54) is 0 Å². The van der Waals surface area contributed by atoms with Gasteiger partial charge in [0.05, 0.1) is 5.02 Å². The number of hydrogen-bond acceptors (Lipinski definition) is 6. The molecule has 0 bridgehead atoms. The number of halogens is 1. The second kappa shape index (κ2) is 11.2. The van der Waals surface area contributed by atoms with Crippen molar-refractivity contribution >= 4 is 34.7 Å². The maximum Gasteiger partial charge on any atom is 0.159 e. The summed E-state index contributed by atoms with van der Waals surface area (Å²) in [6.45, 7) is 13.4. The number of carbonyl (C=O) groups is 1. The van der Waals surface area contributed by atoms with E-state index in [0.29, 0.717) is 22.3 Å². The lowest BCUT2D eigenvalue weighted by atomic mass is 10.1. The number of nitrogens with zero attached hydrogens (tertiary/aromatic N) is 5. The quantitative estimate of drug-likeness (QED) is 0.344. The van der Waals surface area contributed by atoms with Crippen LogP contribution in [0.3, 0.4) is 0 Å². The minimum atomic E-state index is 0.00728. The maximum absolute atomic E-state index is 11.9. The van der Waals surface area contributed by atoms with Crippen LogP contribution in [0.2, 0.25) is 5.02 Å². The number of carbonyl (C=O) groups excluding carboxylic acids is 1. The first kappa shape index (κ1) is 25.8. The fourth-order valence-electron chi connectivity index (χ4n) is 4.93. The number of rotatable bonds is 6. The van der Waals surface area contributed by atoms with Crippen LogP contribution < -0.4 is 10.6 Å². The van der Waals surface area contributed by atoms with Crippen LogP contribution in [0, 0.1) is 0 Å². The molecule has 0 aliphatic carbocycles. The Morgan fingerprint density at radius 2 is 1.92 bits per heavy atom. The number of likely N-dealkylation sites (tertiary alicyclic amines) is 1. The standard InChI is InChI=1S/C28H35ClN6O/c1-19-8-7-13-34(19)22(4)32-27(17-26(30)24-10-5-9-23(16-24)21(3)36)35-15-14-33(18-20(35)2)28-25(29)11-6-12-31-28/h5-6,9-12,16-17,19-20H,4,7-8,13-15,18,30H2,1-3H3/b26-17-,32-27+/t19?,20-/m1/s1. The van der Waals surface area contributed by atoms with E-state index in [1.54, 1.807) is 19.2 Å². The van der Waals surface area contributed by atoms with E-state index < -0.39 is 0 Å². The molecule has 36 heavy (non-hydrogen) atoms. The highest BCUT2D eigenvalue weighted by molar-refractivity contribution is 6.32. The number of hydrogen-bond donors (Lipinski definition) is 1. The number of benzene rings is 1. The van der Waals surface area contributed by atoms with Gasteiger partial charge in [-0.25, -0.2) is 9.98 Å². The molecular weight excluding hydrogens is 472 g/mol. The van der Waals surface area contributed by atoms with E-state index in [4.69, 9.17) is 22.3 Å². The van der Waals surface area contributed by atoms with Crippen LogP contribution in [0.15, 0.2) is 66.1 Å². The van der Waals surface area contributed by atoms with Crippen molar-refractivity contribution in [2.24, 2.45) is 10.7 Å². The van der Waals surface area contributed by atoms with Crippen molar-refractivity contribution in [3.8, 4) is 0 Å². The van der Waals surface area contributed by atoms with Gasteiger partial charge in [0.15, 0.2) is 5.78 Å². The average Bonchev–Trinajstić information content (AvgIpc) is 3.30. The monoisotopic (exact) mass is 506 g/mol. The van der Waals surface area contributed by atoms with E-state index in [9.17, 15) is 4.79 Å². The summed E-state index contributed by atoms with van der Waals surface area (Å²) in [5.41, 5.74) is 8.55. The summed E-state index contributed by atoms with van der Waals surface area (Å²) in [4.78, 5) is 28.1. The highest BCUT2D eigenvalue weighted by Gasteiger charge is 2.28. The molecule has 190 valence electrons. The molecule has 2 aromatic rings. The number of nitrogens with two attached hydrogens (primary N) is 1. The van der Waals surface area contributed by atoms with Gasteiger partial charge in [0, 0.05) is 61.8 Å². The van der Waals surface area contributed by atoms with Gasteiger partial charge >= 0.3 is 0 Å². The number of pyridine rings is 1. The number of piperazine rings is 1. The molecule has 2 fully saturated rings. The van der Waals surface area contributed by atoms with Crippen LogP contribution in [0.1, 0.15) is 49.5 Å². The summed E-state index contributed by atoms with van der Waals surface area (Å²) in [5, 5.41) is 0.651. The van der Waals surface area contributed by atoms with Crippen LogP contribution in [0.25, 0.3) is 5.70 Å². The number of ketones is 1. The van der Waals surface area contributed by atoms with Gasteiger partial charge in [0.25, 0.3) is 0 Å². The van der Waals surface area contributed by atoms with E-state index in [1.807, 2.05) is 36.4 Å². The van der Waals surface area contributed by atoms with Crippen molar-refractivity contribution in [1.29, 1.82) is 0 Å². The Bertz CT molecular complexity index is 1190. The van der Waals surface area contributed by atoms with E-state index in [0.717, 1.165) is 62.1 Å². The van der Waals surface area contributed by atoms with Gasteiger partial charge in [-0.2, -0.15) is 0 Å². The highest BCUT2D eigenvalue weighted by Crippen LogP contribution is 2.27. The van der Waals surface area contributed by atoms with Crippen molar-refractivity contribution < 1.29 is 4.79 Å². The van der Waals surface area contributed by atoms with Crippen LogP contribution in [0.5, 0.6) is 0 Å². The molecule has 0 amide bonds. The number of amidine groups is 1. The molecule has 7 nitrogen and oxygen atoms in total. The first-order chi connectivity index (χ1) is 17.2. The second-order valence-electron chi connectivity index (χ2n) is 9.60. The lowest BCUT2D eigenvalue weighted by molar-refractivity contribution is 0.101.